The molecule has 1 aliphatic heterocycles. The summed E-state index contributed by atoms with van der Waals surface area (Å²) in [6.07, 6.45) is 2.14. The summed E-state index contributed by atoms with van der Waals surface area (Å²) in [7, 11) is 0. The molecular formula is C29H24ClNO2. The quantitative estimate of drug-likeness (QED) is 0.291. The van der Waals surface area contributed by atoms with Crippen molar-refractivity contribution in [2.24, 2.45) is 0 Å². The lowest BCUT2D eigenvalue weighted by molar-refractivity contribution is -0.119. The van der Waals surface area contributed by atoms with Crippen molar-refractivity contribution < 1.29 is 9.53 Å². The molecule has 1 unspecified atom stereocenters. The Bertz CT molecular complexity index is 1330. The molecule has 0 aromatic heterocycles. The largest absolute Gasteiger partial charge is 0.490 e. The first-order valence-corrected chi connectivity index (χ1v) is 11.4. The molecule has 0 saturated carbocycles. The number of anilines is 1. The maximum Gasteiger partial charge on any atom is 0.228 e. The van der Waals surface area contributed by atoms with E-state index in [1.165, 1.54) is 16.3 Å². The first kappa shape index (κ1) is 21.3. The van der Waals surface area contributed by atoms with Crippen molar-refractivity contribution in [2.45, 2.75) is 18.9 Å². The summed E-state index contributed by atoms with van der Waals surface area (Å²) in [6.45, 7) is 4.65. The predicted octanol–water partition coefficient (Wildman–Crippen LogP) is 7.13. The zero-order valence-electron chi connectivity index (χ0n) is 18.2. The summed E-state index contributed by atoms with van der Waals surface area (Å²) in [5, 5.41) is 3.02. The van der Waals surface area contributed by atoms with Crippen LogP contribution in [0.15, 0.2) is 97.6 Å². The number of rotatable bonds is 6. The third-order valence-corrected chi connectivity index (χ3v) is 6.38. The van der Waals surface area contributed by atoms with Crippen LogP contribution in [0.2, 0.25) is 5.02 Å². The minimum atomic E-state index is -0.0253. The van der Waals surface area contributed by atoms with E-state index in [1.54, 1.807) is 6.08 Å². The second kappa shape index (κ2) is 9.13. The van der Waals surface area contributed by atoms with Gasteiger partial charge in [-0.15, -0.1) is 0 Å². The predicted molar refractivity (Wildman–Crippen MR) is 135 cm³/mol. The van der Waals surface area contributed by atoms with Gasteiger partial charge in [0.1, 0.15) is 12.4 Å². The number of hydrogen-bond acceptors (Lipinski definition) is 2. The zero-order valence-corrected chi connectivity index (χ0v) is 19.0. The Balaban J connectivity index is 1.60. The Morgan fingerprint density at radius 2 is 1.82 bits per heavy atom. The lowest BCUT2D eigenvalue weighted by atomic mass is 9.81. The van der Waals surface area contributed by atoms with Crippen molar-refractivity contribution in [3.8, 4) is 5.75 Å². The molecule has 4 heteroatoms. The van der Waals surface area contributed by atoms with Crippen LogP contribution in [0, 0.1) is 0 Å². The standard InChI is InChI=1S/C29H24ClNO2/c1-2-16-33-24-13-10-22(11-14-24)26-18-28(32)31(19-20-6-5-8-23(30)17-20)27-15-12-21-7-3-4-9-25(21)29(26)27/h2-15,17,26H,1,16,18-19H2. The molecular weight excluding hydrogens is 430 g/mol. The molecule has 164 valence electrons. The molecule has 5 rings (SSSR count). The molecule has 0 radical (unpaired) electrons. The van der Waals surface area contributed by atoms with E-state index in [0.717, 1.165) is 22.6 Å². The normalized spacial score (nSPS) is 15.4. The number of nitrogens with zero attached hydrogens (tertiary/aromatic N) is 1. The van der Waals surface area contributed by atoms with Crippen molar-refractivity contribution in [3.63, 3.8) is 0 Å². The molecule has 1 amide bonds. The zero-order chi connectivity index (χ0) is 22.8. The van der Waals surface area contributed by atoms with Gasteiger partial charge in [-0.3, -0.25) is 4.79 Å². The molecule has 0 N–H and O–H groups in total. The van der Waals surface area contributed by atoms with Crippen LogP contribution in [0.4, 0.5) is 5.69 Å². The highest BCUT2D eigenvalue weighted by atomic mass is 35.5. The number of benzene rings is 4. The number of ether oxygens (including phenoxy) is 1. The fraction of sp³-hybridized carbons (Fsp3) is 0.138. The van der Waals surface area contributed by atoms with Crippen LogP contribution in [0.3, 0.4) is 0 Å². The van der Waals surface area contributed by atoms with Crippen molar-refractivity contribution in [3.05, 3.63) is 119 Å². The van der Waals surface area contributed by atoms with Gasteiger partial charge in [-0.1, -0.05) is 78.9 Å². The molecule has 0 bridgehead atoms. The second-order valence-corrected chi connectivity index (χ2v) is 8.69. The summed E-state index contributed by atoms with van der Waals surface area (Å²) >= 11 is 6.21. The number of halogens is 1. The third kappa shape index (κ3) is 4.24. The van der Waals surface area contributed by atoms with Gasteiger partial charge in [0.05, 0.1) is 6.54 Å². The molecule has 1 atom stereocenters. The number of carbonyl (C=O) groups is 1. The van der Waals surface area contributed by atoms with Gasteiger partial charge in [-0.2, -0.15) is 0 Å². The van der Waals surface area contributed by atoms with Gasteiger partial charge in [0, 0.05) is 23.0 Å². The van der Waals surface area contributed by atoms with Gasteiger partial charge < -0.3 is 9.64 Å². The topological polar surface area (TPSA) is 29.5 Å². The van der Waals surface area contributed by atoms with Crippen LogP contribution < -0.4 is 9.64 Å². The van der Waals surface area contributed by atoms with E-state index < -0.39 is 0 Å². The van der Waals surface area contributed by atoms with Gasteiger partial charge in [0.25, 0.3) is 0 Å². The summed E-state index contributed by atoms with van der Waals surface area (Å²) in [6, 6.07) is 28.3. The Morgan fingerprint density at radius 1 is 1.00 bits per heavy atom. The highest BCUT2D eigenvalue weighted by Gasteiger charge is 2.33. The van der Waals surface area contributed by atoms with E-state index in [1.807, 2.05) is 47.4 Å². The van der Waals surface area contributed by atoms with Crippen LogP contribution in [0.25, 0.3) is 10.8 Å². The van der Waals surface area contributed by atoms with E-state index >= 15 is 0 Å². The van der Waals surface area contributed by atoms with Crippen LogP contribution in [-0.4, -0.2) is 12.5 Å². The van der Waals surface area contributed by atoms with E-state index in [9.17, 15) is 4.79 Å². The van der Waals surface area contributed by atoms with Crippen LogP contribution in [0.1, 0.15) is 29.0 Å². The average Bonchev–Trinajstić information content (AvgIpc) is 2.84. The average molecular weight is 454 g/mol. The highest BCUT2D eigenvalue weighted by molar-refractivity contribution is 6.30. The maximum atomic E-state index is 13.4. The Hall–Kier alpha value is -3.56. The summed E-state index contributed by atoms with van der Waals surface area (Å²) in [5.74, 6) is 0.874. The molecule has 1 aliphatic rings. The van der Waals surface area contributed by atoms with Crippen LogP contribution in [-0.2, 0) is 11.3 Å². The van der Waals surface area contributed by atoms with E-state index in [4.69, 9.17) is 16.3 Å². The van der Waals surface area contributed by atoms with Gasteiger partial charge in [0.2, 0.25) is 5.91 Å². The van der Waals surface area contributed by atoms with Crippen molar-refractivity contribution in [1.29, 1.82) is 0 Å². The van der Waals surface area contributed by atoms with Crippen molar-refractivity contribution >= 4 is 34.0 Å². The van der Waals surface area contributed by atoms with E-state index in [-0.39, 0.29) is 11.8 Å². The SMILES string of the molecule is C=CCOc1ccc(C2CC(=O)N(Cc3cccc(Cl)c3)c3ccc4ccccc4c32)cc1. The first-order chi connectivity index (χ1) is 16.1. The minimum absolute atomic E-state index is 0.0253. The second-order valence-electron chi connectivity index (χ2n) is 8.25. The third-order valence-electron chi connectivity index (χ3n) is 6.15. The minimum Gasteiger partial charge on any atom is -0.490 e. The molecule has 0 spiro atoms. The summed E-state index contributed by atoms with van der Waals surface area (Å²) in [4.78, 5) is 15.3. The Morgan fingerprint density at radius 3 is 2.61 bits per heavy atom. The fourth-order valence-electron chi connectivity index (χ4n) is 4.63. The first-order valence-electron chi connectivity index (χ1n) is 11.0. The molecule has 0 fully saturated rings. The Labute approximate surface area is 198 Å². The lowest BCUT2D eigenvalue weighted by Crippen LogP contribution is -2.36. The molecule has 0 aliphatic carbocycles. The molecule has 1 heterocycles. The van der Waals surface area contributed by atoms with Crippen LogP contribution in [0.5, 0.6) is 5.75 Å². The summed E-state index contributed by atoms with van der Waals surface area (Å²) < 4.78 is 5.65. The van der Waals surface area contributed by atoms with E-state index in [0.29, 0.717) is 24.6 Å². The smallest absolute Gasteiger partial charge is 0.228 e. The summed E-state index contributed by atoms with van der Waals surface area (Å²) in [5.41, 5.74) is 4.27. The number of amides is 1. The van der Waals surface area contributed by atoms with E-state index in [2.05, 4.69) is 49.0 Å². The monoisotopic (exact) mass is 453 g/mol. The molecule has 4 aromatic carbocycles. The molecule has 4 aromatic rings. The van der Waals surface area contributed by atoms with Gasteiger partial charge in [-0.05, 0) is 57.8 Å². The maximum absolute atomic E-state index is 13.4. The molecule has 3 nitrogen and oxygen atoms in total. The number of carbonyl (C=O) groups excluding carboxylic acids is 1. The van der Waals surface area contributed by atoms with Gasteiger partial charge >= 0.3 is 0 Å². The molecule has 33 heavy (non-hydrogen) atoms. The highest BCUT2D eigenvalue weighted by Crippen LogP contribution is 2.44. The number of hydrogen-bond donors (Lipinski definition) is 0. The number of fused-ring (bicyclic) bond motifs is 3. The lowest BCUT2D eigenvalue weighted by Gasteiger charge is -2.35. The van der Waals surface area contributed by atoms with Crippen molar-refractivity contribution in [1.82, 2.24) is 0 Å². The van der Waals surface area contributed by atoms with Crippen LogP contribution >= 0.6 is 11.6 Å². The fourth-order valence-corrected chi connectivity index (χ4v) is 4.85. The Kier molecular flexibility index (Phi) is 5.89. The molecule has 0 saturated heterocycles. The van der Waals surface area contributed by atoms with Gasteiger partial charge in [-0.25, -0.2) is 0 Å². The van der Waals surface area contributed by atoms with Crippen molar-refractivity contribution in [2.75, 3.05) is 11.5 Å². The van der Waals surface area contributed by atoms with Gasteiger partial charge in [0.15, 0.2) is 0 Å².